The molecular weight excluding hydrogens is 503 g/mol. The van der Waals surface area contributed by atoms with Gasteiger partial charge in [0.2, 0.25) is 5.88 Å². The Labute approximate surface area is 202 Å². The third-order valence-corrected chi connectivity index (χ3v) is 5.68. The Morgan fingerprint density at radius 1 is 1.10 bits per heavy atom. The van der Waals surface area contributed by atoms with Gasteiger partial charge in [0, 0.05) is 44.9 Å². The lowest BCUT2D eigenvalue weighted by Gasteiger charge is -2.22. The zero-order valence-corrected chi connectivity index (χ0v) is 20.5. The minimum atomic E-state index is 0. The lowest BCUT2D eigenvalue weighted by molar-refractivity contribution is 0.0906. The maximum absolute atomic E-state index is 5.94. The molecular formula is C24H33IN4O2. The predicted octanol–water partition coefficient (Wildman–Crippen LogP) is 4.10. The average Bonchev–Trinajstić information content (AvgIpc) is 3.51. The van der Waals surface area contributed by atoms with E-state index in [1.54, 1.807) is 0 Å². The van der Waals surface area contributed by atoms with Crippen LogP contribution >= 0.6 is 24.0 Å². The Bertz CT molecular complexity index is 829. The number of halogens is 1. The van der Waals surface area contributed by atoms with Crippen molar-refractivity contribution in [2.45, 2.75) is 32.4 Å². The molecule has 1 saturated heterocycles. The second-order valence-corrected chi connectivity index (χ2v) is 8.26. The molecule has 1 aromatic heterocycles. The van der Waals surface area contributed by atoms with Gasteiger partial charge in [-0.3, -0.25) is 4.99 Å². The number of nitrogens with zero attached hydrogens (tertiary/aromatic N) is 3. The molecule has 1 atom stereocenters. The molecule has 1 aliphatic carbocycles. The molecule has 0 radical (unpaired) electrons. The molecule has 0 amide bonds. The molecule has 7 heteroatoms. The van der Waals surface area contributed by atoms with E-state index in [1.165, 1.54) is 18.4 Å². The molecule has 2 fully saturated rings. The van der Waals surface area contributed by atoms with Crippen molar-refractivity contribution in [3.8, 4) is 5.88 Å². The van der Waals surface area contributed by atoms with Crippen LogP contribution in [0.2, 0.25) is 0 Å². The van der Waals surface area contributed by atoms with Gasteiger partial charge in [-0.2, -0.15) is 0 Å². The molecule has 2 aromatic rings. The first-order valence-electron chi connectivity index (χ1n) is 10.9. The number of ether oxygens (including phenoxy) is 2. The molecule has 1 aliphatic heterocycles. The Morgan fingerprint density at radius 2 is 1.94 bits per heavy atom. The quantitative estimate of drug-likeness (QED) is 0.297. The van der Waals surface area contributed by atoms with Crippen LogP contribution in [0.5, 0.6) is 5.88 Å². The number of benzene rings is 1. The fourth-order valence-corrected chi connectivity index (χ4v) is 3.72. The number of hydrogen-bond donors (Lipinski definition) is 1. The molecule has 1 N–H and O–H groups in total. The van der Waals surface area contributed by atoms with E-state index in [-0.39, 0.29) is 24.0 Å². The summed E-state index contributed by atoms with van der Waals surface area (Å²) in [6.07, 6.45) is 5.51. The number of aliphatic imine (C=N–C) groups is 1. The summed E-state index contributed by atoms with van der Waals surface area (Å²) in [5.41, 5.74) is 2.38. The summed E-state index contributed by atoms with van der Waals surface area (Å²) in [6, 6.07) is 14.4. The van der Waals surface area contributed by atoms with Gasteiger partial charge in [0.15, 0.2) is 5.96 Å². The van der Waals surface area contributed by atoms with Crippen molar-refractivity contribution in [2.24, 2.45) is 16.8 Å². The predicted molar refractivity (Wildman–Crippen MR) is 134 cm³/mol. The number of guanidine groups is 1. The fourth-order valence-electron chi connectivity index (χ4n) is 3.72. The van der Waals surface area contributed by atoms with Crippen molar-refractivity contribution in [3.63, 3.8) is 0 Å². The maximum atomic E-state index is 5.94. The van der Waals surface area contributed by atoms with Crippen LogP contribution < -0.4 is 10.1 Å². The molecule has 1 aromatic carbocycles. The summed E-state index contributed by atoms with van der Waals surface area (Å²) < 4.78 is 11.7. The van der Waals surface area contributed by atoms with Crippen LogP contribution in [-0.2, 0) is 17.9 Å². The van der Waals surface area contributed by atoms with E-state index in [1.807, 2.05) is 31.4 Å². The lowest BCUT2D eigenvalue weighted by Crippen LogP contribution is -2.39. The maximum Gasteiger partial charge on any atom is 0.213 e. The third-order valence-electron chi connectivity index (χ3n) is 5.68. The summed E-state index contributed by atoms with van der Waals surface area (Å²) in [5.74, 6) is 2.92. The van der Waals surface area contributed by atoms with Crippen LogP contribution in [0.4, 0.5) is 0 Å². The number of rotatable bonds is 9. The number of likely N-dealkylation sites (tertiary alicyclic amines) is 1. The van der Waals surface area contributed by atoms with E-state index in [4.69, 9.17) is 9.47 Å². The Morgan fingerprint density at radius 3 is 2.71 bits per heavy atom. The summed E-state index contributed by atoms with van der Waals surface area (Å²) in [7, 11) is 1.85. The van der Waals surface area contributed by atoms with E-state index in [0.29, 0.717) is 24.9 Å². The minimum Gasteiger partial charge on any atom is -0.477 e. The fraction of sp³-hybridized carbons (Fsp3) is 0.500. The monoisotopic (exact) mass is 536 g/mol. The first-order valence-corrected chi connectivity index (χ1v) is 10.9. The number of aromatic nitrogens is 1. The molecule has 1 saturated carbocycles. The standard InChI is InChI=1S/C24H32N4O2.HI/c1-25-24(27-14-21-9-11-26-23(13-21)30-18-20-7-8-20)28-12-10-22(15-28)17-29-16-19-5-3-2-4-6-19;/h2-6,9,11,13,20,22H,7-8,10,12,14-18H2,1H3,(H,25,27);1H. The van der Waals surface area contributed by atoms with E-state index < -0.39 is 0 Å². The zero-order chi connectivity index (χ0) is 20.6. The van der Waals surface area contributed by atoms with E-state index in [0.717, 1.165) is 50.2 Å². The highest BCUT2D eigenvalue weighted by Crippen LogP contribution is 2.29. The van der Waals surface area contributed by atoms with Crippen molar-refractivity contribution >= 4 is 29.9 Å². The van der Waals surface area contributed by atoms with Gasteiger partial charge in [0.25, 0.3) is 0 Å². The highest BCUT2D eigenvalue weighted by atomic mass is 127. The van der Waals surface area contributed by atoms with Gasteiger partial charge >= 0.3 is 0 Å². The van der Waals surface area contributed by atoms with E-state index in [9.17, 15) is 0 Å². The molecule has 2 heterocycles. The second kappa shape index (κ2) is 12.2. The molecule has 4 rings (SSSR count). The first kappa shape index (κ1) is 23.8. The number of pyridine rings is 1. The first-order chi connectivity index (χ1) is 14.8. The van der Waals surface area contributed by atoms with Gasteiger partial charge in [-0.25, -0.2) is 4.98 Å². The molecule has 2 aliphatic rings. The van der Waals surface area contributed by atoms with Gasteiger partial charge in [-0.15, -0.1) is 24.0 Å². The molecule has 1 unspecified atom stereocenters. The van der Waals surface area contributed by atoms with Crippen LogP contribution in [0.1, 0.15) is 30.4 Å². The third kappa shape index (κ3) is 7.64. The Balaban J connectivity index is 0.00000272. The van der Waals surface area contributed by atoms with E-state index in [2.05, 4.69) is 44.5 Å². The average molecular weight is 536 g/mol. The molecule has 0 spiro atoms. The van der Waals surface area contributed by atoms with Crippen molar-refractivity contribution in [2.75, 3.05) is 33.4 Å². The minimum absolute atomic E-state index is 0. The number of nitrogens with one attached hydrogen (secondary N) is 1. The Hall–Kier alpha value is -1.87. The zero-order valence-electron chi connectivity index (χ0n) is 18.2. The van der Waals surface area contributed by atoms with Crippen molar-refractivity contribution in [3.05, 3.63) is 59.8 Å². The van der Waals surface area contributed by atoms with Gasteiger partial charge < -0.3 is 19.7 Å². The highest BCUT2D eigenvalue weighted by molar-refractivity contribution is 14.0. The van der Waals surface area contributed by atoms with Crippen LogP contribution in [0.3, 0.4) is 0 Å². The van der Waals surface area contributed by atoms with Crippen LogP contribution in [0.15, 0.2) is 53.7 Å². The largest absolute Gasteiger partial charge is 0.477 e. The summed E-state index contributed by atoms with van der Waals surface area (Å²) in [6.45, 7) is 4.94. The number of hydrogen-bond acceptors (Lipinski definition) is 4. The van der Waals surface area contributed by atoms with Gasteiger partial charge in [-0.05, 0) is 42.4 Å². The van der Waals surface area contributed by atoms with Crippen molar-refractivity contribution in [1.29, 1.82) is 0 Å². The summed E-state index contributed by atoms with van der Waals surface area (Å²) >= 11 is 0. The smallest absolute Gasteiger partial charge is 0.213 e. The topological polar surface area (TPSA) is 59.0 Å². The normalized spacial score (nSPS) is 18.5. The lowest BCUT2D eigenvalue weighted by atomic mass is 10.1. The summed E-state index contributed by atoms with van der Waals surface area (Å²) in [5, 5.41) is 3.49. The van der Waals surface area contributed by atoms with Crippen LogP contribution in [0, 0.1) is 11.8 Å². The van der Waals surface area contributed by atoms with Crippen molar-refractivity contribution in [1.82, 2.24) is 15.2 Å². The van der Waals surface area contributed by atoms with Gasteiger partial charge in [-0.1, -0.05) is 30.3 Å². The molecule has 6 nitrogen and oxygen atoms in total. The molecule has 31 heavy (non-hydrogen) atoms. The van der Waals surface area contributed by atoms with Crippen LogP contribution in [0.25, 0.3) is 0 Å². The van der Waals surface area contributed by atoms with Crippen LogP contribution in [-0.4, -0.2) is 49.2 Å². The Kier molecular flexibility index (Phi) is 9.39. The second-order valence-electron chi connectivity index (χ2n) is 8.26. The molecule has 168 valence electrons. The summed E-state index contributed by atoms with van der Waals surface area (Å²) in [4.78, 5) is 11.1. The van der Waals surface area contributed by atoms with Crippen molar-refractivity contribution < 1.29 is 9.47 Å². The van der Waals surface area contributed by atoms with Gasteiger partial charge in [0.1, 0.15) is 0 Å². The van der Waals surface area contributed by atoms with Gasteiger partial charge in [0.05, 0.1) is 19.8 Å². The SMILES string of the molecule is CN=C(NCc1ccnc(OCC2CC2)c1)N1CCC(COCc2ccccc2)C1.I. The van der Waals surface area contributed by atoms with E-state index >= 15 is 0 Å². The highest BCUT2D eigenvalue weighted by Gasteiger charge is 2.25. The molecule has 0 bridgehead atoms.